The average molecular weight is 377 g/mol. The van der Waals surface area contributed by atoms with E-state index in [1.54, 1.807) is 0 Å². The van der Waals surface area contributed by atoms with Crippen molar-refractivity contribution >= 4 is 22.7 Å². The lowest BCUT2D eigenvalue weighted by Gasteiger charge is -2.18. The molecule has 146 valence electrons. The Morgan fingerprint density at radius 1 is 1.04 bits per heavy atom. The molecule has 2 aromatic carbocycles. The number of aromatic amines is 1. The lowest BCUT2D eigenvalue weighted by atomic mass is 10.0. The SMILES string of the molecule is CCCC(=O)N[C@@H](Cc1c[nH]c2ccccc12)C(=O)NCCc1ccccc1. The number of carbonyl (C=O) groups is 2. The highest BCUT2D eigenvalue weighted by Crippen LogP contribution is 2.19. The highest BCUT2D eigenvalue weighted by Gasteiger charge is 2.22. The molecule has 5 heteroatoms. The summed E-state index contributed by atoms with van der Waals surface area (Å²) in [5, 5.41) is 6.96. The van der Waals surface area contributed by atoms with E-state index in [-0.39, 0.29) is 11.8 Å². The monoisotopic (exact) mass is 377 g/mol. The highest BCUT2D eigenvalue weighted by molar-refractivity contribution is 5.89. The van der Waals surface area contributed by atoms with Gasteiger partial charge < -0.3 is 15.6 Å². The van der Waals surface area contributed by atoms with Crippen molar-refractivity contribution in [2.24, 2.45) is 0 Å². The fourth-order valence-electron chi connectivity index (χ4n) is 3.32. The molecule has 28 heavy (non-hydrogen) atoms. The number of hydrogen-bond acceptors (Lipinski definition) is 2. The predicted octanol–water partition coefficient (Wildman–Crippen LogP) is 3.35. The molecule has 0 unspecified atom stereocenters. The van der Waals surface area contributed by atoms with Gasteiger partial charge in [-0.25, -0.2) is 0 Å². The van der Waals surface area contributed by atoms with E-state index in [9.17, 15) is 9.59 Å². The smallest absolute Gasteiger partial charge is 0.242 e. The maximum absolute atomic E-state index is 12.8. The van der Waals surface area contributed by atoms with E-state index in [2.05, 4.69) is 15.6 Å². The van der Waals surface area contributed by atoms with Crippen molar-refractivity contribution in [1.29, 1.82) is 0 Å². The molecule has 0 fully saturated rings. The van der Waals surface area contributed by atoms with Crippen molar-refractivity contribution in [2.75, 3.05) is 6.54 Å². The number of H-pyrrole nitrogens is 1. The van der Waals surface area contributed by atoms with Crippen molar-refractivity contribution < 1.29 is 9.59 Å². The van der Waals surface area contributed by atoms with Crippen LogP contribution in [-0.2, 0) is 22.4 Å². The van der Waals surface area contributed by atoms with E-state index in [4.69, 9.17) is 0 Å². The van der Waals surface area contributed by atoms with Gasteiger partial charge in [-0.3, -0.25) is 9.59 Å². The van der Waals surface area contributed by atoms with Gasteiger partial charge in [0, 0.05) is 36.5 Å². The number of carbonyl (C=O) groups excluding carboxylic acids is 2. The molecule has 3 N–H and O–H groups in total. The van der Waals surface area contributed by atoms with Crippen molar-refractivity contribution in [3.05, 3.63) is 71.9 Å². The summed E-state index contributed by atoms with van der Waals surface area (Å²) < 4.78 is 0. The summed E-state index contributed by atoms with van der Waals surface area (Å²) in [6.07, 6.45) is 4.30. The van der Waals surface area contributed by atoms with Crippen LogP contribution in [-0.4, -0.2) is 29.4 Å². The molecule has 1 atom stereocenters. The van der Waals surface area contributed by atoms with Gasteiger partial charge in [0.15, 0.2) is 0 Å². The average Bonchev–Trinajstić information content (AvgIpc) is 3.11. The quantitative estimate of drug-likeness (QED) is 0.535. The molecule has 3 aromatic rings. The minimum absolute atomic E-state index is 0.0921. The number of para-hydroxylation sites is 1. The fourth-order valence-corrected chi connectivity index (χ4v) is 3.32. The van der Waals surface area contributed by atoms with Crippen LogP contribution in [0.25, 0.3) is 10.9 Å². The molecule has 0 saturated carbocycles. The van der Waals surface area contributed by atoms with Crippen LogP contribution in [0.1, 0.15) is 30.9 Å². The first-order valence-electron chi connectivity index (χ1n) is 9.83. The van der Waals surface area contributed by atoms with E-state index in [1.807, 2.05) is 67.7 Å². The van der Waals surface area contributed by atoms with Crippen LogP contribution in [0.3, 0.4) is 0 Å². The summed E-state index contributed by atoms with van der Waals surface area (Å²) in [5.74, 6) is -0.240. The number of amides is 2. The molecule has 1 heterocycles. The summed E-state index contributed by atoms with van der Waals surface area (Å²) in [6.45, 7) is 2.49. The Morgan fingerprint density at radius 3 is 2.57 bits per heavy atom. The van der Waals surface area contributed by atoms with E-state index in [0.717, 1.165) is 29.3 Å². The number of hydrogen-bond donors (Lipinski definition) is 3. The van der Waals surface area contributed by atoms with E-state index < -0.39 is 6.04 Å². The molecular formula is C23H27N3O2. The van der Waals surface area contributed by atoms with Crippen LogP contribution in [0.15, 0.2) is 60.8 Å². The number of fused-ring (bicyclic) bond motifs is 1. The summed E-state index contributed by atoms with van der Waals surface area (Å²) in [4.78, 5) is 28.2. The Morgan fingerprint density at radius 2 is 1.79 bits per heavy atom. The summed E-state index contributed by atoms with van der Waals surface area (Å²) in [6, 6.07) is 17.4. The Bertz CT molecular complexity index is 918. The Hall–Kier alpha value is -3.08. The van der Waals surface area contributed by atoms with Gasteiger partial charge >= 0.3 is 0 Å². The number of nitrogens with one attached hydrogen (secondary N) is 3. The minimum Gasteiger partial charge on any atom is -0.361 e. The zero-order chi connectivity index (χ0) is 19.8. The predicted molar refractivity (Wildman–Crippen MR) is 112 cm³/mol. The standard InChI is InChI=1S/C23H27N3O2/c1-2-8-22(27)26-21(15-18-16-25-20-12-7-6-11-19(18)20)23(28)24-14-13-17-9-4-3-5-10-17/h3-7,9-12,16,21,25H,2,8,13-15H2,1H3,(H,24,28)(H,26,27)/t21-/m0/s1. The fraction of sp³-hybridized carbons (Fsp3) is 0.304. The summed E-state index contributed by atoms with van der Waals surface area (Å²) in [5.41, 5.74) is 3.22. The number of aromatic nitrogens is 1. The molecule has 0 aliphatic carbocycles. The van der Waals surface area contributed by atoms with Crippen LogP contribution in [0.2, 0.25) is 0 Å². The first-order chi connectivity index (χ1) is 13.7. The third-order valence-electron chi connectivity index (χ3n) is 4.78. The Kier molecular flexibility index (Phi) is 6.84. The van der Waals surface area contributed by atoms with E-state index in [1.165, 1.54) is 5.56 Å². The first kappa shape index (κ1) is 19.7. The maximum atomic E-state index is 12.8. The van der Waals surface area contributed by atoms with Gasteiger partial charge in [-0.05, 0) is 30.0 Å². The van der Waals surface area contributed by atoms with Gasteiger partial charge in [-0.15, -0.1) is 0 Å². The van der Waals surface area contributed by atoms with Crippen LogP contribution < -0.4 is 10.6 Å². The second-order valence-electron chi connectivity index (χ2n) is 6.96. The van der Waals surface area contributed by atoms with Gasteiger partial charge in [0.1, 0.15) is 6.04 Å². The zero-order valence-electron chi connectivity index (χ0n) is 16.2. The molecule has 0 spiro atoms. The van der Waals surface area contributed by atoms with Crippen molar-refractivity contribution in [3.63, 3.8) is 0 Å². The first-order valence-corrected chi connectivity index (χ1v) is 9.83. The van der Waals surface area contributed by atoms with Gasteiger partial charge in [0.2, 0.25) is 11.8 Å². The molecule has 0 saturated heterocycles. The molecule has 3 rings (SSSR count). The number of rotatable bonds is 9. The molecular weight excluding hydrogens is 350 g/mol. The third kappa shape index (κ3) is 5.22. The topological polar surface area (TPSA) is 74.0 Å². The van der Waals surface area contributed by atoms with Gasteiger partial charge in [0.25, 0.3) is 0 Å². The third-order valence-corrected chi connectivity index (χ3v) is 4.78. The number of benzene rings is 2. The molecule has 2 amide bonds. The van der Waals surface area contributed by atoms with Crippen LogP contribution >= 0.6 is 0 Å². The second kappa shape index (κ2) is 9.74. The molecule has 1 aromatic heterocycles. The Labute approximate surface area is 165 Å². The van der Waals surface area contributed by atoms with Crippen molar-refractivity contribution in [3.8, 4) is 0 Å². The zero-order valence-corrected chi connectivity index (χ0v) is 16.2. The lowest BCUT2D eigenvalue weighted by molar-refractivity contribution is -0.129. The van der Waals surface area contributed by atoms with Gasteiger partial charge in [-0.2, -0.15) is 0 Å². The van der Waals surface area contributed by atoms with Crippen molar-refractivity contribution in [2.45, 2.75) is 38.6 Å². The molecule has 0 bridgehead atoms. The Balaban J connectivity index is 1.67. The normalized spacial score (nSPS) is 11.9. The van der Waals surface area contributed by atoms with Crippen LogP contribution in [0.5, 0.6) is 0 Å². The molecule has 0 radical (unpaired) electrons. The summed E-state index contributed by atoms with van der Waals surface area (Å²) >= 11 is 0. The van der Waals surface area contributed by atoms with E-state index in [0.29, 0.717) is 19.4 Å². The molecule has 0 aliphatic rings. The minimum atomic E-state index is -0.589. The maximum Gasteiger partial charge on any atom is 0.242 e. The lowest BCUT2D eigenvalue weighted by Crippen LogP contribution is -2.48. The van der Waals surface area contributed by atoms with Gasteiger partial charge in [0.05, 0.1) is 0 Å². The largest absolute Gasteiger partial charge is 0.361 e. The second-order valence-corrected chi connectivity index (χ2v) is 6.96. The molecule has 5 nitrogen and oxygen atoms in total. The molecule has 0 aliphatic heterocycles. The highest BCUT2D eigenvalue weighted by atomic mass is 16.2. The van der Waals surface area contributed by atoms with Gasteiger partial charge in [-0.1, -0.05) is 55.5 Å². The van der Waals surface area contributed by atoms with E-state index >= 15 is 0 Å². The summed E-state index contributed by atoms with van der Waals surface area (Å²) in [7, 11) is 0. The van der Waals surface area contributed by atoms with Crippen LogP contribution in [0.4, 0.5) is 0 Å². The van der Waals surface area contributed by atoms with Crippen LogP contribution in [0, 0.1) is 0 Å². The van der Waals surface area contributed by atoms with Crippen molar-refractivity contribution in [1.82, 2.24) is 15.6 Å².